The van der Waals surface area contributed by atoms with E-state index in [9.17, 15) is 9.59 Å². The molecule has 3 aromatic rings. The van der Waals surface area contributed by atoms with E-state index in [1.165, 1.54) is 0 Å². The van der Waals surface area contributed by atoms with Crippen LogP contribution < -0.4 is 10.2 Å². The summed E-state index contributed by atoms with van der Waals surface area (Å²) in [7, 11) is 0. The number of carbonyl (C=O) groups excluding carboxylic acids is 2. The number of likely N-dealkylation sites (N-methyl/N-ethyl adjacent to an activating group) is 1. The number of para-hydroxylation sites is 1. The van der Waals surface area contributed by atoms with Crippen molar-refractivity contribution in [3.05, 3.63) is 90.0 Å². The Morgan fingerprint density at radius 3 is 2.25 bits per heavy atom. The number of carbonyl (C=O) groups is 2. The third kappa shape index (κ3) is 3.29. The minimum Gasteiger partial charge on any atom is -0.355 e. The van der Waals surface area contributed by atoms with Crippen molar-refractivity contribution in [2.45, 2.75) is 19.4 Å². The molecule has 0 spiro atoms. The van der Waals surface area contributed by atoms with Crippen molar-refractivity contribution in [2.75, 3.05) is 11.4 Å². The molecule has 0 aromatic heterocycles. The summed E-state index contributed by atoms with van der Waals surface area (Å²) in [5, 5.41) is 2.86. The number of nitrogens with one attached hydrogen (secondary N) is 1. The minimum absolute atomic E-state index is 0.118. The summed E-state index contributed by atoms with van der Waals surface area (Å²) in [5.41, 5.74) is 4.57. The fourth-order valence-corrected chi connectivity index (χ4v) is 3.71. The van der Waals surface area contributed by atoms with Gasteiger partial charge in [-0.15, -0.1) is 0 Å². The van der Waals surface area contributed by atoms with Gasteiger partial charge in [0.05, 0.1) is 0 Å². The lowest BCUT2D eigenvalue weighted by Crippen LogP contribution is -2.48. The second-order valence-electron chi connectivity index (χ2n) is 6.86. The second-order valence-corrected chi connectivity index (χ2v) is 6.86. The molecule has 1 unspecified atom stereocenters. The van der Waals surface area contributed by atoms with Gasteiger partial charge in [0.2, 0.25) is 5.91 Å². The molecular formula is C24H22N2O2. The van der Waals surface area contributed by atoms with E-state index in [-0.39, 0.29) is 11.8 Å². The Morgan fingerprint density at radius 2 is 1.54 bits per heavy atom. The Kier molecular flexibility index (Phi) is 4.94. The van der Waals surface area contributed by atoms with Gasteiger partial charge in [0.1, 0.15) is 6.04 Å². The molecule has 2 amide bonds. The van der Waals surface area contributed by atoms with Crippen molar-refractivity contribution >= 4 is 17.5 Å². The van der Waals surface area contributed by atoms with Gasteiger partial charge in [-0.1, -0.05) is 60.7 Å². The van der Waals surface area contributed by atoms with Crippen molar-refractivity contribution in [3.8, 4) is 11.1 Å². The molecule has 0 radical (unpaired) electrons. The quantitative estimate of drug-likeness (QED) is 0.753. The fraction of sp³-hybridized carbons (Fsp3) is 0.167. The number of hydrogen-bond acceptors (Lipinski definition) is 2. The van der Waals surface area contributed by atoms with Crippen LogP contribution in [0.15, 0.2) is 78.9 Å². The number of nitrogens with zero attached hydrogens (tertiary/aromatic N) is 1. The number of hydrogen-bond donors (Lipinski definition) is 1. The predicted molar refractivity (Wildman–Crippen MR) is 111 cm³/mol. The van der Waals surface area contributed by atoms with Gasteiger partial charge in [0, 0.05) is 24.2 Å². The van der Waals surface area contributed by atoms with E-state index in [0.717, 1.165) is 22.4 Å². The van der Waals surface area contributed by atoms with Gasteiger partial charge in [-0.05, 0) is 41.8 Å². The summed E-state index contributed by atoms with van der Waals surface area (Å²) < 4.78 is 0. The summed E-state index contributed by atoms with van der Waals surface area (Å²) in [6.45, 7) is 2.42. The Hall–Kier alpha value is -3.40. The lowest BCUT2D eigenvalue weighted by atomic mass is 10.0. The maximum atomic E-state index is 13.3. The van der Waals surface area contributed by atoms with Crippen LogP contribution >= 0.6 is 0 Å². The number of rotatable bonds is 4. The van der Waals surface area contributed by atoms with Crippen LogP contribution in [0.1, 0.15) is 22.8 Å². The molecule has 140 valence electrons. The van der Waals surface area contributed by atoms with Crippen molar-refractivity contribution in [1.29, 1.82) is 0 Å². The van der Waals surface area contributed by atoms with Gasteiger partial charge in [-0.2, -0.15) is 0 Å². The maximum Gasteiger partial charge on any atom is 0.259 e. The first-order valence-electron chi connectivity index (χ1n) is 9.53. The number of amides is 2. The monoisotopic (exact) mass is 370 g/mol. The molecule has 1 heterocycles. The maximum absolute atomic E-state index is 13.3. The first-order chi connectivity index (χ1) is 13.7. The van der Waals surface area contributed by atoms with E-state index in [2.05, 4.69) is 5.32 Å². The highest BCUT2D eigenvalue weighted by Gasteiger charge is 2.38. The second kappa shape index (κ2) is 7.69. The highest BCUT2D eigenvalue weighted by molar-refractivity contribution is 6.11. The van der Waals surface area contributed by atoms with E-state index >= 15 is 0 Å². The topological polar surface area (TPSA) is 49.4 Å². The van der Waals surface area contributed by atoms with Gasteiger partial charge in [0.15, 0.2) is 0 Å². The Balaban J connectivity index is 1.66. The lowest BCUT2D eigenvalue weighted by molar-refractivity contribution is -0.122. The summed E-state index contributed by atoms with van der Waals surface area (Å²) >= 11 is 0. The zero-order valence-corrected chi connectivity index (χ0v) is 15.8. The highest BCUT2D eigenvalue weighted by atomic mass is 16.2. The molecule has 4 rings (SSSR count). The van der Waals surface area contributed by atoms with Crippen LogP contribution in [0.5, 0.6) is 0 Å². The predicted octanol–water partition coefficient (Wildman–Crippen LogP) is 4.06. The van der Waals surface area contributed by atoms with Crippen molar-refractivity contribution in [2.24, 2.45) is 0 Å². The van der Waals surface area contributed by atoms with Crippen LogP contribution in [0.25, 0.3) is 11.1 Å². The molecule has 1 aliphatic rings. The van der Waals surface area contributed by atoms with E-state index in [4.69, 9.17) is 0 Å². The van der Waals surface area contributed by atoms with Crippen LogP contribution in [0, 0.1) is 0 Å². The Bertz CT molecular complexity index is 997. The molecule has 3 aromatic carbocycles. The molecule has 0 aliphatic carbocycles. The Labute approximate surface area is 164 Å². The molecule has 1 aliphatic heterocycles. The molecule has 0 saturated carbocycles. The SMILES string of the molecule is CCNC(=O)C1Cc2ccccc2N1C(=O)c1ccc(-c2ccccc2)cc1. The van der Waals surface area contributed by atoms with Gasteiger partial charge in [-0.25, -0.2) is 0 Å². The van der Waals surface area contributed by atoms with Gasteiger partial charge in [-0.3, -0.25) is 14.5 Å². The molecule has 28 heavy (non-hydrogen) atoms. The van der Waals surface area contributed by atoms with Gasteiger partial charge >= 0.3 is 0 Å². The minimum atomic E-state index is -0.515. The molecule has 0 saturated heterocycles. The largest absolute Gasteiger partial charge is 0.355 e. The fourth-order valence-electron chi connectivity index (χ4n) is 3.71. The van der Waals surface area contributed by atoms with Crippen LogP contribution in [-0.4, -0.2) is 24.4 Å². The highest BCUT2D eigenvalue weighted by Crippen LogP contribution is 2.33. The summed E-state index contributed by atoms with van der Waals surface area (Å²) in [6.07, 6.45) is 0.538. The molecule has 1 N–H and O–H groups in total. The Morgan fingerprint density at radius 1 is 0.893 bits per heavy atom. The van der Waals surface area contributed by atoms with Crippen LogP contribution in [0.3, 0.4) is 0 Å². The average Bonchev–Trinajstić information content (AvgIpc) is 3.14. The van der Waals surface area contributed by atoms with Crippen molar-refractivity contribution in [1.82, 2.24) is 5.32 Å². The van der Waals surface area contributed by atoms with Crippen LogP contribution in [0.4, 0.5) is 5.69 Å². The van der Waals surface area contributed by atoms with Crippen LogP contribution in [0.2, 0.25) is 0 Å². The first-order valence-corrected chi connectivity index (χ1v) is 9.53. The van der Waals surface area contributed by atoms with Crippen molar-refractivity contribution < 1.29 is 9.59 Å². The summed E-state index contributed by atoms with van der Waals surface area (Å²) in [6, 6.07) is 24.8. The smallest absolute Gasteiger partial charge is 0.259 e. The number of fused-ring (bicyclic) bond motifs is 1. The molecule has 0 bridgehead atoms. The van der Waals surface area contributed by atoms with E-state index in [1.54, 1.807) is 4.90 Å². The number of benzene rings is 3. The average molecular weight is 370 g/mol. The normalized spacial score (nSPS) is 15.2. The summed E-state index contributed by atoms with van der Waals surface area (Å²) in [5.74, 6) is -0.270. The van der Waals surface area contributed by atoms with Gasteiger partial charge < -0.3 is 5.32 Å². The lowest BCUT2D eigenvalue weighted by Gasteiger charge is -2.25. The van der Waals surface area contributed by atoms with Crippen LogP contribution in [-0.2, 0) is 11.2 Å². The summed E-state index contributed by atoms with van der Waals surface area (Å²) in [4.78, 5) is 27.6. The molecule has 4 heteroatoms. The molecule has 0 fully saturated rings. The third-order valence-electron chi connectivity index (χ3n) is 5.09. The van der Waals surface area contributed by atoms with Crippen molar-refractivity contribution in [3.63, 3.8) is 0 Å². The first kappa shape index (κ1) is 18.0. The van der Waals surface area contributed by atoms with E-state index in [0.29, 0.717) is 18.5 Å². The number of anilines is 1. The standard InChI is InChI=1S/C24H22N2O2/c1-2-25-23(27)22-16-20-10-6-7-11-21(20)26(22)24(28)19-14-12-18(13-15-19)17-8-4-3-5-9-17/h3-15,22H,2,16H2,1H3,(H,25,27). The molecule has 4 nitrogen and oxygen atoms in total. The van der Waals surface area contributed by atoms with E-state index < -0.39 is 6.04 Å². The van der Waals surface area contributed by atoms with Gasteiger partial charge in [0.25, 0.3) is 5.91 Å². The third-order valence-corrected chi connectivity index (χ3v) is 5.09. The zero-order chi connectivity index (χ0) is 19.5. The zero-order valence-electron chi connectivity index (χ0n) is 15.8. The van der Waals surface area contributed by atoms with E-state index in [1.807, 2.05) is 85.8 Å². The molecular weight excluding hydrogens is 348 g/mol. The molecule has 1 atom stereocenters.